The molecule has 104 valence electrons. The molecule has 4 aromatic carbocycles. The van der Waals surface area contributed by atoms with Crippen LogP contribution in [0.5, 0.6) is 0 Å². The van der Waals surface area contributed by atoms with Crippen molar-refractivity contribution in [1.82, 2.24) is 0 Å². The van der Waals surface area contributed by atoms with Gasteiger partial charge in [0, 0.05) is 40.3 Å². The standard InChI is InChI=1S/C22H17/c1-16(17-9-3-2-4-10-17)22-15-18-11-5-6-12-19(18)20-13-7-8-14-21(20)22/h2-15H,1H3/q+1. The molecular formula is C22H17+. The minimum Gasteiger partial charge on any atom is -0.0615 e. The zero-order valence-electron chi connectivity index (χ0n) is 12.6. The van der Waals surface area contributed by atoms with Gasteiger partial charge in [-0.05, 0) is 43.3 Å². The Morgan fingerprint density at radius 2 is 1.18 bits per heavy atom. The maximum Gasteiger partial charge on any atom is 0.0839 e. The summed E-state index contributed by atoms with van der Waals surface area (Å²) in [6, 6.07) is 30.3. The molecule has 0 amide bonds. The Labute approximate surface area is 131 Å². The van der Waals surface area contributed by atoms with E-state index < -0.39 is 0 Å². The summed E-state index contributed by atoms with van der Waals surface area (Å²) in [4.78, 5) is 0. The van der Waals surface area contributed by atoms with E-state index in [0.717, 1.165) is 0 Å². The van der Waals surface area contributed by atoms with Crippen molar-refractivity contribution >= 4 is 21.5 Å². The van der Waals surface area contributed by atoms with E-state index in [1.54, 1.807) is 0 Å². The van der Waals surface area contributed by atoms with Gasteiger partial charge in [0.25, 0.3) is 0 Å². The highest BCUT2D eigenvalue weighted by Crippen LogP contribution is 2.34. The summed E-state index contributed by atoms with van der Waals surface area (Å²) >= 11 is 0. The van der Waals surface area contributed by atoms with E-state index in [2.05, 4.69) is 91.9 Å². The summed E-state index contributed by atoms with van der Waals surface area (Å²) in [7, 11) is 0. The van der Waals surface area contributed by atoms with Gasteiger partial charge in [-0.25, -0.2) is 0 Å². The van der Waals surface area contributed by atoms with Crippen LogP contribution in [-0.4, -0.2) is 0 Å². The van der Waals surface area contributed by atoms with Crippen LogP contribution < -0.4 is 0 Å². The van der Waals surface area contributed by atoms with Crippen LogP contribution in [0.2, 0.25) is 0 Å². The molecule has 0 aliphatic carbocycles. The van der Waals surface area contributed by atoms with Crippen LogP contribution in [0.1, 0.15) is 18.1 Å². The van der Waals surface area contributed by atoms with Gasteiger partial charge >= 0.3 is 0 Å². The van der Waals surface area contributed by atoms with E-state index in [9.17, 15) is 0 Å². The van der Waals surface area contributed by atoms with Crippen molar-refractivity contribution in [3.05, 3.63) is 102 Å². The summed E-state index contributed by atoms with van der Waals surface area (Å²) in [6.45, 7) is 2.21. The van der Waals surface area contributed by atoms with Crippen molar-refractivity contribution in [2.24, 2.45) is 0 Å². The second-order valence-electron chi connectivity index (χ2n) is 5.68. The van der Waals surface area contributed by atoms with Crippen LogP contribution in [0, 0.1) is 5.92 Å². The molecule has 22 heavy (non-hydrogen) atoms. The number of rotatable bonds is 2. The topological polar surface area (TPSA) is 0 Å². The van der Waals surface area contributed by atoms with Gasteiger partial charge in [0.1, 0.15) is 0 Å². The molecule has 0 bridgehead atoms. The fraction of sp³-hybridized carbons (Fsp3) is 0.0455. The Hall–Kier alpha value is -2.73. The Kier molecular flexibility index (Phi) is 3.08. The minimum absolute atomic E-state index is 1.28. The lowest BCUT2D eigenvalue weighted by Gasteiger charge is -2.11. The van der Waals surface area contributed by atoms with E-state index in [1.807, 2.05) is 0 Å². The first-order valence-electron chi connectivity index (χ1n) is 7.64. The van der Waals surface area contributed by atoms with Crippen LogP contribution in [0.25, 0.3) is 21.5 Å². The Balaban J connectivity index is 2.04. The molecule has 0 aliphatic rings. The van der Waals surface area contributed by atoms with Crippen molar-refractivity contribution in [1.29, 1.82) is 0 Å². The van der Waals surface area contributed by atoms with Gasteiger partial charge in [-0.2, -0.15) is 0 Å². The molecule has 4 rings (SSSR count). The molecule has 0 atom stereocenters. The molecule has 0 aromatic heterocycles. The Bertz CT molecular complexity index is 936. The molecule has 0 spiro atoms. The third-order valence-corrected chi connectivity index (χ3v) is 4.38. The van der Waals surface area contributed by atoms with Crippen molar-refractivity contribution in [2.75, 3.05) is 0 Å². The first-order chi connectivity index (χ1) is 10.8. The van der Waals surface area contributed by atoms with E-state index >= 15 is 0 Å². The molecule has 0 fully saturated rings. The fourth-order valence-corrected chi connectivity index (χ4v) is 3.21. The molecule has 0 radical (unpaired) electrons. The average Bonchev–Trinajstić information content (AvgIpc) is 2.61. The highest BCUT2D eigenvalue weighted by Gasteiger charge is 2.19. The van der Waals surface area contributed by atoms with Crippen LogP contribution >= 0.6 is 0 Å². The quantitative estimate of drug-likeness (QED) is 0.313. The summed E-state index contributed by atoms with van der Waals surface area (Å²) in [5, 5.41) is 5.27. The van der Waals surface area contributed by atoms with Gasteiger partial charge in [0.15, 0.2) is 0 Å². The zero-order valence-corrected chi connectivity index (χ0v) is 12.6. The zero-order chi connectivity index (χ0) is 14.9. The Morgan fingerprint density at radius 1 is 0.591 bits per heavy atom. The number of benzene rings is 4. The molecule has 0 heterocycles. The first-order valence-corrected chi connectivity index (χ1v) is 7.64. The predicted molar refractivity (Wildman–Crippen MR) is 95.0 cm³/mol. The molecule has 4 aromatic rings. The third-order valence-electron chi connectivity index (χ3n) is 4.38. The summed E-state index contributed by atoms with van der Waals surface area (Å²) < 4.78 is 0. The molecule has 0 N–H and O–H groups in total. The van der Waals surface area contributed by atoms with Gasteiger partial charge < -0.3 is 0 Å². The first kappa shape index (κ1) is 13.0. The molecule has 0 unspecified atom stereocenters. The van der Waals surface area contributed by atoms with Crippen molar-refractivity contribution in [3.8, 4) is 0 Å². The maximum absolute atomic E-state index is 2.32. The number of hydrogen-bond acceptors (Lipinski definition) is 0. The second-order valence-corrected chi connectivity index (χ2v) is 5.68. The van der Waals surface area contributed by atoms with Crippen molar-refractivity contribution in [2.45, 2.75) is 6.92 Å². The lowest BCUT2D eigenvalue weighted by Crippen LogP contribution is -1.98. The predicted octanol–water partition coefficient (Wildman–Crippen LogP) is 5.98. The summed E-state index contributed by atoms with van der Waals surface area (Å²) in [5.41, 5.74) is 2.60. The molecule has 0 nitrogen and oxygen atoms in total. The van der Waals surface area contributed by atoms with Gasteiger partial charge in [-0.1, -0.05) is 30.3 Å². The lowest BCUT2D eigenvalue weighted by molar-refractivity contribution is 1.21. The largest absolute Gasteiger partial charge is 0.0839 e. The van der Waals surface area contributed by atoms with E-state index in [-0.39, 0.29) is 0 Å². The van der Waals surface area contributed by atoms with E-state index in [1.165, 1.54) is 38.6 Å². The van der Waals surface area contributed by atoms with Gasteiger partial charge in [0.05, 0.1) is 16.5 Å². The lowest BCUT2D eigenvalue weighted by atomic mass is 9.87. The summed E-state index contributed by atoms with van der Waals surface area (Å²) in [5.74, 6) is 1.32. The molecule has 0 saturated carbocycles. The van der Waals surface area contributed by atoms with E-state index in [0.29, 0.717) is 0 Å². The average molecular weight is 281 g/mol. The number of fused-ring (bicyclic) bond motifs is 3. The van der Waals surface area contributed by atoms with Gasteiger partial charge in [0.2, 0.25) is 0 Å². The fourth-order valence-electron chi connectivity index (χ4n) is 3.21. The van der Waals surface area contributed by atoms with Crippen LogP contribution in [0.3, 0.4) is 0 Å². The highest BCUT2D eigenvalue weighted by molar-refractivity contribution is 6.09. The molecule has 0 aliphatic heterocycles. The SMILES string of the molecule is C[C+](c1ccccc1)c1cc2ccccc2c2ccccc12. The van der Waals surface area contributed by atoms with Crippen LogP contribution in [0.4, 0.5) is 0 Å². The van der Waals surface area contributed by atoms with Crippen molar-refractivity contribution < 1.29 is 0 Å². The van der Waals surface area contributed by atoms with Crippen LogP contribution in [0.15, 0.2) is 84.9 Å². The maximum atomic E-state index is 2.32. The monoisotopic (exact) mass is 281 g/mol. The smallest absolute Gasteiger partial charge is 0.0615 e. The summed E-state index contributed by atoms with van der Waals surface area (Å²) in [6.07, 6.45) is 0. The van der Waals surface area contributed by atoms with Crippen LogP contribution in [-0.2, 0) is 0 Å². The minimum atomic E-state index is 1.28. The third kappa shape index (κ3) is 2.05. The van der Waals surface area contributed by atoms with Gasteiger partial charge in [-0.3, -0.25) is 0 Å². The van der Waals surface area contributed by atoms with E-state index in [4.69, 9.17) is 0 Å². The molecule has 0 saturated heterocycles. The van der Waals surface area contributed by atoms with Crippen molar-refractivity contribution in [3.63, 3.8) is 0 Å². The normalized spacial score (nSPS) is 11.0. The number of hydrogen-bond donors (Lipinski definition) is 0. The molecule has 0 heteroatoms. The van der Waals surface area contributed by atoms with Gasteiger partial charge in [-0.15, -0.1) is 0 Å². The molecular weight excluding hydrogens is 264 g/mol. The second kappa shape index (κ2) is 5.23. The Morgan fingerprint density at radius 3 is 1.95 bits per heavy atom. The highest BCUT2D eigenvalue weighted by atomic mass is 14.2.